The number of fused-ring (bicyclic) bond motifs is 1. The van der Waals surface area contributed by atoms with Crippen molar-refractivity contribution in [3.63, 3.8) is 0 Å². The third-order valence-corrected chi connectivity index (χ3v) is 6.77. The Morgan fingerprint density at radius 2 is 1.72 bits per heavy atom. The van der Waals surface area contributed by atoms with E-state index in [1.165, 1.54) is 11.8 Å². The fourth-order valence-electron chi connectivity index (χ4n) is 3.99. The first-order valence-corrected chi connectivity index (χ1v) is 12.7. The molecule has 1 fully saturated rings. The molecule has 4 aromatic carbocycles. The second-order valence-electron chi connectivity index (χ2n) is 8.57. The number of carboxylic acid groups (broad SMARTS) is 1. The van der Waals surface area contributed by atoms with Crippen molar-refractivity contribution in [2.45, 2.75) is 13.0 Å². The molecule has 0 spiro atoms. The molecule has 1 amide bonds. The average molecular weight is 547 g/mol. The molecule has 1 N–H and O–H groups in total. The van der Waals surface area contributed by atoms with Crippen molar-refractivity contribution in [3.8, 4) is 11.5 Å². The summed E-state index contributed by atoms with van der Waals surface area (Å²) in [5.41, 5.74) is 2.96. The molecule has 0 radical (unpaired) electrons. The topological polar surface area (TPSA) is 100 Å². The molecule has 0 aliphatic carbocycles. The van der Waals surface area contributed by atoms with Crippen LogP contribution in [0.4, 0.5) is 5.69 Å². The molecule has 0 bridgehead atoms. The van der Waals surface area contributed by atoms with Crippen LogP contribution in [0.25, 0.3) is 16.8 Å². The number of carboxylic acids is 1. The zero-order valence-electron chi connectivity index (χ0n) is 21.5. The Labute approximate surface area is 252 Å². The summed E-state index contributed by atoms with van der Waals surface area (Å²) in [6.45, 7) is 0.339. The second-order valence-corrected chi connectivity index (χ2v) is 9.61. The molecule has 190 valence electrons. The SMILES string of the molecule is COc1cccc(COc2cc3ccccc3cc2C=C2SC(=Nc3ccc(CC(=O)[O-])cc3)NC2=O)c1.[Na+]. The van der Waals surface area contributed by atoms with Crippen LogP contribution in [0, 0.1) is 0 Å². The van der Waals surface area contributed by atoms with Crippen molar-refractivity contribution in [1.29, 1.82) is 0 Å². The van der Waals surface area contributed by atoms with E-state index in [4.69, 9.17) is 9.47 Å². The maximum absolute atomic E-state index is 12.8. The quantitative estimate of drug-likeness (QED) is 0.266. The fourth-order valence-corrected chi connectivity index (χ4v) is 4.82. The Morgan fingerprint density at radius 1 is 0.974 bits per heavy atom. The minimum Gasteiger partial charge on any atom is -0.550 e. The van der Waals surface area contributed by atoms with Gasteiger partial charge in [-0.2, -0.15) is 0 Å². The van der Waals surface area contributed by atoms with E-state index >= 15 is 0 Å². The summed E-state index contributed by atoms with van der Waals surface area (Å²) < 4.78 is 11.5. The van der Waals surface area contributed by atoms with Crippen LogP contribution in [0.15, 0.2) is 94.8 Å². The normalized spacial score (nSPS) is 14.7. The number of nitrogens with zero attached hydrogens (tertiary/aromatic N) is 1. The summed E-state index contributed by atoms with van der Waals surface area (Å²) in [5.74, 6) is 0.0138. The molecule has 1 aliphatic rings. The molecule has 1 heterocycles. The number of aliphatic imine (C=N–C) groups is 1. The van der Waals surface area contributed by atoms with Gasteiger partial charge in [0.2, 0.25) is 0 Å². The molecule has 5 rings (SSSR count). The Bertz CT molecular complexity index is 1580. The van der Waals surface area contributed by atoms with Crippen molar-refractivity contribution in [3.05, 3.63) is 107 Å². The number of carbonyl (C=O) groups excluding carboxylic acids is 2. The summed E-state index contributed by atoms with van der Waals surface area (Å²) in [4.78, 5) is 28.5. The van der Waals surface area contributed by atoms with Crippen LogP contribution in [0.2, 0.25) is 0 Å². The smallest absolute Gasteiger partial charge is 0.550 e. The van der Waals surface area contributed by atoms with Gasteiger partial charge in [0.15, 0.2) is 5.17 Å². The molecule has 0 atom stereocenters. The minimum absolute atomic E-state index is 0. The van der Waals surface area contributed by atoms with Gasteiger partial charge in [-0.1, -0.05) is 48.5 Å². The zero-order chi connectivity index (χ0) is 26.5. The van der Waals surface area contributed by atoms with E-state index in [0.29, 0.717) is 33.7 Å². The van der Waals surface area contributed by atoms with Crippen molar-refractivity contribution in [2.24, 2.45) is 4.99 Å². The summed E-state index contributed by atoms with van der Waals surface area (Å²) in [5, 5.41) is 16.1. The van der Waals surface area contributed by atoms with Crippen molar-refractivity contribution in [2.75, 3.05) is 7.11 Å². The molecule has 0 saturated carbocycles. The van der Waals surface area contributed by atoms with E-state index in [-0.39, 0.29) is 41.9 Å². The van der Waals surface area contributed by atoms with Crippen LogP contribution >= 0.6 is 11.8 Å². The van der Waals surface area contributed by atoms with E-state index in [1.807, 2.05) is 60.7 Å². The number of carbonyl (C=O) groups is 2. The number of ether oxygens (including phenoxy) is 2. The van der Waals surface area contributed by atoms with Gasteiger partial charge >= 0.3 is 29.6 Å². The molecule has 1 saturated heterocycles. The van der Waals surface area contributed by atoms with Crippen LogP contribution in [0.1, 0.15) is 16.7 Å². The number of methoxy groups -OCH3 is 1. The Kier molecular flexibility index (Phi) is 9.48. The summed E-state index contributed by atoms with van der Waals surface area (Å²) in [7, 11) is 1.63. The monoisotopic (exact) mass is 546 g/mol. The summed E-state index contributed by atoms with van der Waals surface area (Å²) in [6.07, 6.45) is 1.64. The summed E-state index contributed by atoms with van der Waals surface area (Å²) >= 11 is 1.23. The van der Waals surface area contributed by atoms with Gasteiger partial charge in [-0.25, -0.2) is 4.99 Å². The maximum Gasteiger partial charge on any atom is 1.00 e. The number of rotatable bonds is 8. The van der Waals surface area contributed by atoms with Gasteiger partial charge in [0, 0.05) is 18.0 Å². The van der Waals surface area contributed by atoms with Gasteiger partial charge in [0.1, 0.15) is 18.1 Å². The molecule has 0 unspecified atom stereocenters. The second kappa shape index (κ2) is 13.0. The number of amides is 1. The first-order chi connectivity index (χ1) is 18.5. The van der Waals surface area contributed by atoms with Gasteiger partial charge in [-0.3, -0.25) is 4.79 Å². The number of thioether (sulfide) groups is 1. The van der Waals surface area contributed by atoms with E-state index < -0.39 is 5.97 Å². The van der Waals surface area contributed by atoms with Crippen molar-refractivity contribution < 1.29 is 53.7 Å². The third kappa shape index (κ3) is 7.30. The zero-order valence-corrected chi connectivity index (χ0v) is 24.3. The molecule has 4 aromatic rings. The Morgan fingerprint density at radius 3 is 2.44 bits per heavy atom. The van der Waals surface area contributed by atoms with Crippen LogP contribution in [0.3, 0.4) is 0 Å². The number of benzene rings is 4. The maximum atomic E-state index is 12.8. The Balaban J connectivity index is 0.00000353. The largest absolute Gasteiger partial charge is 1.00 e. The van der Waals surface area contributed by atoms with E-state index in [9.17, 15) is 14.7 Å². The third-order valence-electron chi connectivity index (χ3n) is 5.86. The van der Waals surface area contributed by atoms with Crippen molar-refractivity contribution >= 4 is 51.3 Å². The van der Waals surface area contributed by atoms with Crippen LogP contribution in [0.5, 0.6) is 11.5 Å². The molecule has 39 heavy (non-hydrogen) atoms. The van der Waals surface area contributed by atoms with E-state index in [0.717, 1.165) is 27.6 Å². The van der Waals surface area contributed by atoms with E-state index in [2.05, 4.69) is 10.3 Å². The average Bonchev–Trinajstić information content (AvgIpc) is 3.26. The number of hydrogen-bond acceptors (Lipinski definition) is 7. The van der Waals surface area contributed by atoms with E-state index in [1.54, 1.807) is 37.5 Å². The van der Waals surface area contributed by atoms with Crippen LogP contribution in [-0.4, -0.2) is 24.2 Å². The van der Waals surface area contributed by atoms with Crippen LogP contribution < -0.4 is 49.5 Å². The van der Waals surface area contributed by atoms with Gasteiger partial charge in [-0.05, 0) is 76.1 Å². The molecular weight excluding hydrogens is 523 g/mol. The predicted octanol–water partition coefficient (Wildman–Crippen LogP) is 1.62. The molecule has 0 aromatic heterocycles. The first kappa shape index (κ1) is 28.4. The molecule has 1 aliphatic heterocycles. The number of nitrogens with one attached hydrogen (secondary N) is 1. The number of amidine groups is 1. The number of hydrogen-bond donors (Lipinski definition) is 1. The van der Waals surface area contributed by atoms with Gasteiger partial charge in [0.25, 0.3) is 5.91 Å². The summed E-state index contributed by atoms with van der Waals surface area (Å²) in [6, 6.07) is 26.4. The molecular formula is C30H23N2NaO5S. The first-order valence-electron chi connectivity index (χ1n) is 11.8. The number of aliphatic carboxylic acids is 1. The predicted molar refractivity (Wildman–Crippen MR) is 147 cm³/mol. The minimum atomic E-state index is -1.14. The van der Waals surface area contributed by atoms with Gasteiger partial charge < -0.3 is 24.7 Å². The fraction of sp³-hybridized carbons (Fsp3) is 0.100. The van der Waals surface area contributed by atoms with Crippen molar-refractivity contribution in [1.82, 2.24) is 5.32 Å². The molecule has 9 heteroatoms. The molecule has 7 nitrogen and oxygen atoms in total. The van der Waals surface area contributed by atoms with Crippen LogP contribution in [-0.2, 0) is 22.6 Å². The standard InChI is InChI=1S/C30H24N2O5S.Na/c1-36-25-8-4-5-20(13-25)18-37-26-16-22-7-3-2-6-21(22)15-23(26)17-27-29(35)32-30(38-27)31-24-11-9-19(10-12-24)14-28(33)34;/h2-13,15-17H,14,18H2,1H3,(H,33,34)(H,31,32,35);/q;+1/p-1. The van der Waals surface area contributed by atoms with Gasteiger partial charge in [-0.15, -0.1) is 0 Å². The van der Waals surface area contributed by atoms with Gasteiger partial charge in [0.05, 0.1) is 17.7 Å². The Hall–Kier alpha value is -3.56.